The summed E-state index contributed by atoms with van der Waals surface area (Å²) < 4.78 is 0. The van der Waals surface area contributed by atoms with Crippen molar-refractivity contribution in [2.24, 2.45) is 5.92 Å². The second-order valence-electron chi connectivity index (χ2n) is 7.27. The number of amides is 2. The normalized spacial score (nSPS) is 19.6. The van der Waals surface area contributed by atoms with Crippen molar-refractivity contribution in [1.29, 1.82) is 0 Å². The molecule has 1 aliphatic rings. The number of anilines is 2. The van der Waals surface area contributed by atoms with Gasteiger partial charge in [0.1, 0.15) is 5.82 Å². The number of carbonyl (C=O) groups is 2. The molecular weight excluding hydrogens is 342 g/mol. The van der Waals surface area contributed by atoms with Crippen molar-refractivity contribution >= 4 is 23.3 Å². The Balaban J connectivity index is 1.80. The van der Waals surface area contributed by atoms with E-state index in [0.717, 1.165) is 29.7 Å². The number of nitrogens with two attached hydrogens (primary N) is 1. The van der Waals surface area contributed by atoms with Gasteiger partial charge >= 0.3 is 11.8 Å². The van der Waals surface area contributed by atoms with Crippen LogP contribution in [0.3, 0.4) is 0 Å². The number of aromatic nitrogens is 2. The van der Waals surface area contributed by atoms with Gasteiger partial charge in [0, 0.05) is 18.4 Å². The summed E-state index contributed by atoms with van der Waals surface area (Å²) in [6, 6.07) is 5.48. The largest absolute Gasteiger partial charge is 0.383 e. The SMILES string of the molecule is Cc1cc([C@H]2CC[C@H](C)CN2C(=O)C(=O)Nc2cnc(N)c(C)c2)ccn1. The Kier molecular flexibility index (Phi) is 5.39. The van der Waals surface area contributed by atoms with Crippen molar-refractivity contribution in [2.75, 3.05) is 17.6 Å². The number of hydrogen-bond acceptors (Lipinski definition) is 5. The van der Waals surface area contributed by atoms with Gasteiger partial charge < -0.3 is 16.0 Å². The van der Waals surface area contributed by atoms with Crippen molar-refractivity contribution in [1.82, 2.24) is 14.9 Å². The minimum atomic E-state index is -0.661. The number of hydrogen-bond donors (Lipinski definition) is 2. The third-order valence-electron chi connectivity index (χ3n) is 4.95. The number of pyridine rings is 2. The van der Waals surface area contributed by atoms with E-state index < -0.39 is 11.8 Å². The number of nitrogens with one attached hydrogen (secondary N) is 1. The lowest BCUT2D eigenvalue weighted by molar-refractivity contribution is -0.146. The van der Waals surface area contributed by atoms with Crippen LogP contribution in [-0.2, 0) is 9.59 Å². The summed E-state index contributed by atoms with van der Waals surface area (Å²) in [5.74, 6) is -0.444. The molecule has 3 heterocycles. The molecule has 1 fully saturated rings. The molecule has 0 spiro atoms. The molecule has 27 heavy (non-hydrogen) atoms. The average Bonchev–Trinajstić information content (AvgIpc) is 2.64. The number of nitrogens with zero attached hydrogens (tertiary/aromatic N) is 3. The predicted molar refractivity (Wildman–Crippen MR) is 104 cm³/mol. The second-order valence-corrected chi connectivity index (χ2v) is 7.27. The van der Waals surface area contributed by atoms with Gasteiger partial charge in [0.05, 0.1) is 17.9 Å². The number of aryl methyl sites for hydroxylation is 2. The fourth-order valence-corrected chi connectivity index (χ4v) is 3.47. The number of piperidine rings is 1. The van der Waals surface area contributed by atoms with Crippen LogP contribution in [0.4, 0.5) is 11.5 Å². The summed E-state index contributed by atoms with van der Waals surface area (Å²) in [7, 11) is 0. The minimum absolute atomic E-state index is 0.118. The molecule has 0 unspecified atom stereocenters. The van der Waals surface area contributed by atoms with Crippen LogP contribution in [0.1, 0.15) is 42.6 Å². The number of rotatable bonds is 2. The van der Waals surface area contributed by atoms with E-state index in [2.05, 4.69) is 22.2 Å². The van der Waals surface area contributed by atoms with Gasteiger partial charge in [-0.05, 0) is 61.9 Å². The molecule has 2 aromatic heterocycles. The molecule has 142 valence electrons. The topological polar surface area (TPSA) is 101 Å². The van der Waals surface area contributed by atoms with E-state index in [1.54, 1.807) is 24.1 Å². The third kappa shape index (κ3) is 4.24. The van der Waals surface area contributed by atoms with E-state index in [4.69, 9.17) is 5.73 Å². The van der Waals surface area contributed by atoms with Gasteiger partial charge in [0.2, 0.25) is 0 Å². The van der Waals surface area contributed by atoms with E-state index in [0.29, 0.717) is 24.0 Å². The second kappa shape index (κ2) is 7.73. The van der Waals surface area contributed by atoms with E-state index in [-0.39, 0.29) is 6.04 Å². The van der Waals surface area contributed by atoms with E-state index in [1.807, 2.05) is 19.1 Å². The van der Waals surface area contributed by atoms with Crippen molar-refractivity contribution in [3.05, 3.63) is 47.4 Å². The highest BCUT2D eigenvalue weighted by Gasteiger charge is 2.34. The number of carbonyl (C=O) groups excluding carboxylic acids is 2. The quantitative estimate of drug-likeness (QED) is 0.795. The van der Waals surface area contributed by atoms with Crippen LogP contribution in [0.2, 0.25) is 0 Å². The molecule has 3 rings (SSSR count). The Morgan fingerprint density at radius 2 is 2.00 bits per heavy atom. The summed E-state index contributed by atoms with van der Waals surface area (Å²) in [4.78, 5) is 35.4. The first-order valence-corrected chi connectivity index (χ1v) is 9.11. The van der Waals surface area contributed by atoms with Crippen molar-refractivity contribution < 1.29 is 9.59 Å². The molecule has 3 N–H and O–H groups in total. The number of likely N-dealkylation sites (tertiary alicyclic amines) is 1. The molecule has 0 aromatic carbocycles. The first kappa shape index (κ1) is 18.8. The van der Waals surface area contributed by atoms with Gasteiger partial charge in [0.25, 0.3) is 0 Å². The van der Waals surface area contributed by atoms with E-state index >= 15 is 0 Å². The van der Waals surface area contributed by atoms with Crippen LogP contribution < -0.4 is 11.1 Å². The predicted octanol–water partition coefficient (Wildman–Crippen LogP) is 2.61. The Morgan fingerprint density at radius 3 is 2.70 bits per heavy atom. The molecule has 7 nitrogen and oxygen atoms in total. The maximum absolute atomic E-state index is 12.9. The monoisotopic (exact) mass is 367 g/mol. The Labute approximate surface area is 159 Å². The fraction of sp³-hybridized carbons (Fsp3) is 0.400. The number of nitrogen functional groups attached to an aromatic ring is 1. The Morgan fingerprint density at radius 1 is 1.22 bits per heavy atom. The zero-order chi connectivity index (χ0) is 19.6. The van der Waals surface area contributed by atoms with Gasteiger partial charge in [0.15, 0.2) is 0 Å². The van der Waals surface area contributed by atoms with Crippen LogP contribution in [0.5, 0.6) is 0 Å². The first-order valence-electron chi connectivity index (χ1n) is 9.11. The van der Waals surface area contributed by atoms with Crippen LogP contribution in [-0.4, -0.2) is 33.2 Å². The van der Waals surface area contributed by atoms with Gasteiger partial charge in [-0.1, -0.05) is 6.92 Å². The molecule has 0 saturated carbocycles. The maximum atomic E-state index is 12.9. The zero-order valence-corrected chi connectivity index (χ0v) is 15.9. The maximum Gasteiger partial charge on any atom is 0.313 e. The van der Waals surface area contributed by atoms with Crippen LogP contribution in [0.25, 0.3) is 0 Å². The highest BCUT2D eigenvalue weighted by atomic mass is 16.2. The molecule has 0 radical (unpaired) electrons. The lowest BCUT2D eigenvalue weighted by Crippen LogP contribution is -2.46. The third-order valence-corrected chi connectivity index (χ3v) is 4.95. The van der Waals surface area contributed by atoms with Gasteiger partial charge in [-0.25, -0.2) is 4.98 Å². The van der Waals surface area contributed by atoms with Crippen LogP contribution >= 0.6 is 0 Å². The molecule has 2 amide bonds. The van der Waals surface area contributed by atoms with Gasteiger partial charge in [-0.3, -0.25) is 14.6 Å². The lowest BCUT2D eigenvalue weighted by Gasteiger charge is -2.38. The zero-order valence-electron chi connectivity index (χ0n) is 15.9. The average molecular weight is 367 g/mol. The summed E-state index contributed by atoms with van der Waals surface area (Å²) >= 11 is 0. The summed E-state index contributed by atoms with van der Waals surface area (Å²) in [5, 5.41) is 2.64. The Bertz CT molecular complexity index is 867. The molecule has 1 aliphatic heterocycles. The minimum Gasteiger partial charge on any atom is -0.383 e. The smallest absolute Gasteiger partial charge is 0.313 e. The molecule has 2 aromatic rings. The highest BCUT2D eigenvalue weighted by Crippen LogP contribution is 2.33. The molecule has 0 bridgehead atoms. The van der Waals surface area contributed by atoms with Crippen LogP contribution in [0, 0.1) is 19.8 Å². The molecule has 7 heteroatoms. The molecule has 1 saturated heterocycles. The molecular formula is C20H25N5O2. The van der Waals surface area contributed by atoms with Crippen molar-refractivity contribution in [2.45, 2.75) is 39.7 Å². The first-order chi connectivity index (χ1) is 12.8. The Hall–Kier alpha value is -2.96. The molecule has 2 atom stereocenters. The fourth-order valence-electron chi connectivity index (χ4n) is 3.47. The van der Waals surface area contributed by atoms with Gasteiger partial charge in [-0.2, -0.15) is 0 Å². The lowest BCUT2D eigenvalue weighted by atomic mass is 9.90. The summed E-state index contributed by atoms with van der Waals surface area (Å²) in [6.45, 7) is 6.37. The highest BCUT2D eigenvalue weighted by molar-refractivity contribution is 6.39. The van der Waals surface area contributed by atoms with Crippen LogP contribution in [0.15, 0.2) is 30.6 Å². The standard InChI is InChI=1S/C20H25N5O2/c1-12-4-5-17(15-6-7-22-14(3)9-15)25(11-12)20(27)19(26)24-16-8-13(2)18(21)23-10-16/h6-10,12,17H,4-5,11H2,1-3H3,(H2,21,23)(H,24,26)/t12-,17+/m0/s1. The van der Waals surface area contributed by atoms with Crippen molar-refractivity contribution in [3.63, 3.8) is 0 Å². The summed E-state index contributed by atoms with van der Waals surface area (Å²) in [6.07, 6.45) is 5.04. The van der Waals surface area contributed by atoms with E-state index in [9.17, 15) is 9.59 Å². The molecule has 0 aliphatic carbocycles. The van der Waals surface area contributed by atoms with Gasteiger partial charge in [-0.15, -0.1) is 0 Å². The van der Waals surface area contributed by atoms with E-state index in [1.165, 1.54) is 6.20 Å². The summed E-state index contributed by atoms with van der Waals surface area (Å²) in [5.41, 5.74) is 8.82. The van der Waals surface area contributed by atoms with Crippen molar-refractivity contribution in [3.8, 4) is 0 Å².